The van der Waals surface area contributed by atoms with E-state index in [0.717, 1.165) is 18.6 Å². The molecule has 19 heavy (non-hydrogen) atoms. The Morgan fingerprint density at radius 1 is 1.26 bits per heavy atom. The van der Waals surface area contributed by atoms with Crippen molar-refractivity contribution in [1.82, 2.24) is 0 Å². The first-order chi connectivity index (χ1) is 9.15. The fraction of sp³-hybridized carbons (Fsp3) is 0.375. The minimum Gasteiger partial charge on any atom is -0.496 e. The SMILES string of the molecule is CCc1ccsc1C(N)Cc1cc(C)ccc1OC. The topological polar surface area (TPSA) is 35.2 Å². The van der Waals surface area contributed by atoms with Crippen molar-refractivity contribution >= 4 is 11.3 Å². The number of thiophene rings is 1. The first-order valence-electron chi connectivity index (χ1n) is 6.61. The lowest BCUT2D eigenvalue weighted by Crippen LogP contribution is -2.14. The fourth-order valence-electron chi connectivity index (χ4n) is 2.36. The maximum Gasteiger partial charge on any atom is 0.122 e. The number of aryl methyl sites for hydroxylation is 2. The zero-order valence-electron chi connectivity index (χ0n) is 11.8. The number of benzene rings is 1. The molecule has 0 amide bonds. The van der Waals surface area contributed by atoms with E-state index < -0.39 is 0 Å². The highest BCUT2D eigenvalue weighted by Gasteiger charge is 2.15. The van der Waals surface area contributed by atoms with E-state index in [4.69, 9.17) is 10.5 Å². The van der Waals surface area contributed by atoms with Crippen molar-refractivity contribution in [1.29, 1.82) is 0 Å². The summed E-state index contributed by atoms with van der Waals surface area (Å²) in [5, 5.41) is 2.13. The van der Waals surface area contributed by atoms with Gasteiger partial charge in [-0.05, 0) is 48.4 Å². The number of hydrogen-bond acceptors (Lipinski definition) is 3. The highest BCUT2D eigenvalue weighted by molar-refractivity contribution is 7.10. The average Bonchev–Trinajstić information content (AvgIpc) is 2.87. The highest BCUT2D eigenvalue weighted by Crippen LogP contribution is 2.29. The van der Waals surface area contributed by atoms with Crippen LogP contribution in [0.2, 0.25) is 0 Å². The summed E-state index contributed by atoms with van der Waals surface area (Å²) in [6.07, 6.45) is 1.86. The van der Waals surface area contributed by atoms with E-state index in [9.17, 15) is 0 Å². The summed E-state index contributed by atoms with van der Waals surface area (Å²) in [4.78, 5) is 1.30. The molecule has 1 aromatic carbocycles. The zero-order chi connectivity index (χ0) is 13.8. The van der Waals surface area contributed by atoms with Crippen LogP contribution in [0.3, 0.4) is 0 Å². The molecule has 1 heterocycles. The molecule has 0 fully saturated rings. The van der Waals surface area contributed by atoms with Gasteiger partial charge in [0.1, 0.15) is 5.75 Å². The molecule has 2 rings (SSSR count). The second-order valence-corrected chi connectivity index (χ2v) is 5.74. The summed E-state index contributed by atoms with van der Waals surface area (Å²) in [6.45, 7) is 4.27. The molecular weight excluding hydrogens is 254 g/mol. The molecule has 0 saturated heterocycles. The van der Waals surface area contributed by atoms with Crippen LogP contribution in [0, 0.1) is 6.92 Å². The Hall–Kier alpha value is -1.32. The van der Waals surface area contributed by atoms with Crippen molar-refractivity contribution < 1.29 is 4.74 Å². The van der Waals surface area contributed by atoms with Gasteiger partial charge in [0.05, 0.1) is 7.11 Å². The predicted octanol–water partition coefficient (Wildman–Crippen LogP) is 3.87. The first kappa shape index (κ1) is 14.1. The van der Waals surface area contributed by atoms with Gasteiger partial charge >= 0.3 is 0 Å². The lowest BCUT2D eigenvalue weighted by Gasteiger charge is -2.15. The lowest BCUT2D eigenvalue weighted by atomic mass is 10.00. The Bertz CT molecular complexity index is 547. The van der Waals surface area contributed by atoms with Gasteiger partial charge in [0.15, 0.2) is 0 Å². The smallest absolute Gasteiger partial charge is 0.122 e. The molecule has 0 aliphatic rings. The molecule has 0 radical (unpaired) electrons. The summed E-state index contributed by atoms with van der Waals surface area (Å²) in [5.74, 6) is 0.927. The Balaban J connectivity index is 2.23. The van der Waals surface area contributed by atoms with Crippen molar-refractivity contribution in [2.24, 2.45) is 5.73 Å². The zero-order valence-corrected chi connectivity index (χ0v) is 12.6. The minimum absolute atomic E-state index is 0.0469. The van der Waals surface area contributed by atoms with Crippen LogP contribution in [0.4, 0.5) is 0 Å². The summed E-state index contributed by atoms with van der Waals surface area (Å²) in [5.41, 5.74) is 10.2. The molecule has 0 aliphatic carbocycles. The normalized spacial score (nSPS) is 12.4. The monoisotopic (exact) mass is 275 g/mol. The third kappa shape index (κ3) is 3.17. The third-order valence-corrected chi connectivity index (χ3v) is 4.47. The Kier molecular flexibility index (Phi) is 4.61. The van der Waals surface area contributed by atoms with Crippen LogP contribution < -0.4 is 10.5 Å². The predicted molar refractivity (Wildman–Crippen MR) is 82.1 cm³/mol. The first-order valence-corrected chi connectivity index (χ1v) is 7.49. The van der Waals surface area contributed by atoms with E-state index in [-0.39, 0.29) is 6.04 Å². The standard InChI is InChI=1S/C16H21NOS/c1-4-12-7-8-19-16(12)14(17)10-13-9-11(2)5-6-15(13)18-3/h5-9,14H,4,10,17H2,1-3H3. The van der Waals surface area contributed by atoms with Gasteiger partial charge in [-0.2, -0.15) is 0 Å². The van der Waals surface area contributed by atoms with E-state index in [1.165, 1.54) is 21.6 Å². The molecule has 0 spiro atoms. The molecule has 2 aromatic rings. The number of methoxy groups -OCH3 is 1. The van der Waals surface area contributed by atoms with E-state index in [0.29, 0.717) is 0 Å². The maximum atomic E-state index is 6.38. The summed E-state index contributed by atoms with van der Waals surface area (Å²) < 4.78 is 5.42. The molecule has 1 aromatic heterocycles. The highest BCUT2D eigenvalue weighted by atomic mass is 32.1. The van der Waals surface area contributed by atoms with Gasteiger partial charge in [0.25, 0.3) is 0 Å². The van der Waals surface area contributed by atoms with E-state index in [1.807, 2.05) is 6.07 Å². The van der Waals surface area contributed by atoms with E-state index >= 15 is 0 Å². The third-order valence-electron chi connectivity index (χ3n) is 3.37. The molecule has 0 saturated carbocycles. The van der Waals surface area contributed by atoms with E-state index in [2.05, 4.69) is 37.4 Å². The molecule has 2 N–H and O–H groups in total. The summed E-state index contributed by atoms with van der Waals surface area (Å²) in [7, 11) is 1.71. The van der Waals surface area contributed by atoms with E-state index in [1.54, 1.807) is 18.4 Å². The van der Waals surface area contributed by atoms with Gasteiger partial charge in [-0.25, -0.2) is 0 Å². The van der Waals surface area contributed by atoms with Crippen LogP contribution in [-0.4, -0.2) is 7.11 Å². The molecule has 1 unspecified atom stereocenters. The molecule has 0 aliphatic heterocycles. The van der Waals surface area contributed by atoms with Crippen molar-refractivity contribution in [3.63, 3.8) is 0 Å². The Morgan fingerprint density at radius 3 is 2.74 bits per heavy atom. The quantitative estimate of drug-likeness (QED) is 0.899. The number of rotatable bonds is 5. The lowest BCUT2D eigenvalue weighted by molar-refractivity contribution is 0.408. The molecule has 1 atom stereocenters. The van der Waals surface area contributed by atoms with Crippen molar-refractivity contribution in [3.05, 3.63) is 51.2 Å². The van der Waals surface area contributed by atoms with Gasteiger partial charge in [-0.1, -0.05) is 24.6 Å². The van der Waals surface area contributed by atoms with Gasteiger partial charge in [-0.3, -0.25) is 0 Å². The van der Waals surface area contributed by atoms with Crippen LogP contribution >= 0.6 is 11.3 Å². The largest absolute Gasteiger partial charge is 0.496 e. The van der Waals surface area contributed by atoms with Crippen molar-refractivity contribution in [2.75, 3.05) is 7.11 Å². The summed E-state index contributed by atoms with van der Waals surface area (Å²) in [6, 6.07) is 8.47. The van der Waals surface area contributed by atoms with Gasteiger partial charge in [0, 0.05) is 10.9 Å². The van der Waals surface area contributed by atoms with Gasteiger partial charge < -0.3 is 10.5 Å². The van der Waals surface area contributed by atoms with Crippen molar-refractivity contribution in [2.45, 2.75) is 32.7 Å². The number of ether oxygens (including phenoxy) is 1. The molecule has 0 bridgehead atoms. The van der Waals surface area contributed by atoms with Crippen LogP contribution in [0.15, 0.2) is 29.6 Å². The maximum absolute atomic E-state index is 6.38. The van der Waals surface area contributed by atoms with Crippen LogP contribution in [0.5, 0.6) is 5.75 Å². The van der Waals surface area contributed by atoms with Gasteiger partial charge in [-0.15, -0.1) is 11.3 Å². The summed E-state index contributed by atoms with van der Waals surface area (Å²) >= 11 is 1.75. The molecule has 2 nitrogen and oxygen atoms in total. The average molecular weight is 275 g/mol. The second kappa shape index (κ2) is 6.22. The molecule has 3 heteroatoms. The molecule has 102 valence electrons. The molecular formula is C16H21NOS. The minimum atomic E-state index is 0.0469. The van der Waals surface area contributed by atoms with Crippen LogP contribution in [0.1, 0.15) is 34.5 Å². The number of nitrogens with two attached hydrogens (primary N) is 1. The van der Waals surface area contributed by atoms with Crippen molar-refractivity contribution in [3.8, 4) is 5.75 Å². The number of hydrogen-bond donors (Lipinski definition) is 1. The fourth-order valence-corrected chi connectivity index (χ4v) is 3.36. The van der Waals surface area contributed by atoms with Gasteiger partial charge in [0.2, 0.25) is 0 Å². The Labute approximate surface area is 119 Å². The van der Waals surface area contributed by atoms with Crippen LogP contribution in [-0.2, 0) is 12.8 Å². The van der Waals surface area contributed by atoms with Crippen LogP contribution in [0.25, 0.3) is 0 Å². The second-order valence-electron chi connectivity index (χ2n) is 4.79. The Morgan fingerprint density at radius 2 is 2.05 bits per heavy atom.